The van der Waals surface area contributed by atoms with Crippen molar-refractivity contribution in [2.45, 2.75) is 6.92 Å². The number of rotatable bonds is 3. The fraction of sp³-hybridized carbons (Fsp3) is 0.600. The molecule has 6 heteroatoms. The highest BCUT2D eigenvalue weighted by atomic mass is 35.5. The highest BCUT2D eigenvalue weighted by molar-refractivity contribution is 6.61. The van der Waals surface area contributed by atoms with E-state index in [9.17, 15) is 9.59 Å². The topological polar surface area (TPSA) is 61.8 Å². The van der Waals surface area contributed by atoms with E-state index >= 15 is 0 Å². The van der Waals surface area contributed by atoms with E-state index in [-0.39, 0.29) is 6.61 Å². The predicted molar refractivity (Wildman–Crippen MR) is 34.9 cm³/mol. The molecule has 0 fully saturated rings. The van der Waals surface area contributed by atoms with Crippen LogP contribution in [0.2, 0.25) is 0 Å². The lowest BCUT2D eigenvalue weighted by atomic mass is 10.7. The van der Waals surface area contributed by atoms with Gasteiger partial charge >= 0.3 is 11.4 Å². The summed E-state index contributed by atoms with van der Waals surface area (Å²) in [7, 11) is 0. The molecule has 0 aromatic heterocycles. The van der Waals surface area contributed by atoms with E-state index < -0.39 is 11.4 Å². The Morgan fingerprint density at radius 3 is 2.45 bits per heavy atom. The van der Waals surface area contributed by atoms with E-state index in [1.807, 2.05) is 0 Å². The smallest absolute Gasteiger partial charge is 0.370 e. The molecule has 0 aliphatic heterocycles. The van der Waals surface area contributed by atoms with Gasteiger partial charge in [0.2, 0.25) is 0 Å². The van der Waals surface area contributed by atoms with Crippen LogP contribution in [0.3, 0.4) is 0 Å². The molecule has 0 unspecified atom stereocenters. The molecule has 0 amide bonds. The SMILES string of the molecule is CCOCC(=O)OOC(=O)Cl. The Morgan fingerprint density at radius 2 is 2.00 bits per heavy atom. The maximum absolute atomic E-state index is 10.4. The Balaban J connectivity index is 3.30. The van der Waals surface area contributed by atoms with Gasteiger partial charge in [-0.15, -0.1) is 0 Å². The Hall–Kier alpha value is -0.810. The molecule has 0 heterocycles. The van der Waals surface area contributed by atoms with Gasteiger partial charge in [0.25, 0.3) is 0 Å². The van der Waals surface area contributed by atoms with Crippen molar-refractivity contribution >= 4 is 23.0 Å². The number of hydrogen-bond acceptors (Lipinski definition) is 5. The molecule has 0 aromatic rings. The Morgan fingerprint density at radius 1 is 1.36 bits per heavy atom. The first-order valence-corrected chi connectivity index (χ1v) is 3.19. The summed E-state index contributed by atoms with van der Waals surface area (Å²) in [4.78, 5) is 27.8. The standard InChI is InChI=1S/C5H7ClO5/c1-2-9-3-4(7)10-11-5(6)8/h2-3H2,1H3. The first-order valence-electron chi connectivity index (χ1n) is 2.81. The van der Waals surface area contributed by atoms with Crippen molar-refractivity contribution in [2.75, 3.05) is 13.2 Å². The van der Waals surface area contributed by atoms with Crippen molar-refractivity contribution in [3.8, 4) is 0 Å². The third-order valence-electron chi connectivity index (χ3n) is 0.624. The van der Waals surface area contributed by atoms with Crippen LogP contribution < -0.4 is 0 Å². The summed E-state index contributed by atoms with van der Waals surface area (Å²) in [6.07, 6.45) is 0. The van der Waals surface area contributed by atoms with Crippen molar-refractivity contribution in [2.24, 2.45) is 0 Å². The van der Waals surface area contributed by atoms with Crippen LogP contribution in [0.15, 0.2) is 0 Å². The summed E-state index contributed by atoms with van der Waals surface area (Å²) < 4.78 is 4.62. The van der Waals surface area contributed by atoms with E-state index in [4.69, 9.17) is 0 Å². The summed E-state index contributed by atoms with van der Waals surface area (Å²) >= 11 is 4.68. The molecule has 0 spiro atoms. The van der Waals surface area contributed by atoms with Crippen molar-refractivity contribution in [3.05, 3.63) is 0 Å². The maximum atomic E-state index is 10.4. The molecule has 0 bridgehead atoms. The minimum absolute atomic E-state index is 0.263. The lowest BCUT2D eigenvalue weighted by Crippen LogP contribution is -2.13. The van der Waals surface area contributed by atoms with E-state index in [1.165, 1.54) is 0 Å². The summed E-state index contributed by atoms with van der Waals surface area (Å²) in [5.74, 6) is -0.805. The Bertz CT molecular complexity index is 146. The number of carbonyl (C=O) groups is 2. The van der Waals surface area contributed by atoms with Gasteiger partial charge in [-0.2, -0.15) is 0 Å². The van der Waals surface area contributed by atoms with Crippen LogP contribution in [0.4, 0.5) is 4.79 Å². The molecule has 64 valence electrons. The number of carbonyl (C=O) groups excluding carboxylic acids is 2. The molecule has 0 aliphatic carbocycles. The predicted octanol–water partition coefficient (Wildman–Crippen LogP) is 0.857. The minimum atomic E-state index is -1.20. The monoisotopic (exact) mass is 182 g/mol. The van der Waals surface area contributed by atoms with Crippen molar-refractivity contribution in [1.82, 2.24) is 0 Å². The molecule has 0 saturated carbocycles. The molecule has 11 heavy (non-hydrogen) atoms. The van der Waals surface area contributed by atoms with Gasteiger partial charge in [-0.1, -0.05) is 0 Å². The van der Waals surface area contributed by atoms with E-state index in [1.54, 1.807) is 6.92 Å². The molecule has 0 radical (unpaired) electrons. The van der Waals surface area contributed by atoms with E-state index in [0.29, 0.717) is 6.61 Å². The number of hydrogen-bond donors (Lipinski definition) is 0. The van der Waals surface area contributed by atoms with Gasteiger partial charge in [0.15, 0.2) is 0 Å². The third-order valence-corrected chi connectivity index (χ3v) is 0.687. The summed E-state index contributed by atoms with van der Waals surface area (Å²) in [5, 5.41) is 0. The van der Waals surface area contributed by atoms with Crippen LogP contribution in [-0.4, -0.2) is 24.6 Å². The van der Waals surface area contributed by atoms with Gasteiger partial charge in [0.1, 0.15) is 6.61 Å². The van der Waals surface area contributed by atoms with Gasteiger partial charge in [0, 0.05) is 18.2 Å². The van der Waals surface area contributed by atoms with Gasteiger partial charge in [-0.25, -0.2) is 19.4 Å². The van der Waals surface area contributed by atoms with Crippen LogP contribution in [0.1, 0.15) is 6.92 Å². The number of ether oxygens (including phenoxy) is 1. The molecule has 0 aromatic carbocycles. The Labute approximate surface area is 68.1 Å². The normalized spacial score (nSPS) is 8.91. The lowest BCUT2D eigenvalue weighted by Gasteiger charge is -1.98. The van der Waals surface area contributed by atoms with Gasteiger partial charge < -0.3 is 4.74 Å². The molecule has 0 atom stereocenters. The highest BCUT2D eigenvalue weighted by Crippen LogP contribution is 1.89. The molecular weight excluding hydrogens is 176 g/mol. The second-order valence-electron chi connectivity index (χ2n) is 1.41. The van der Waals surface area contributed by atoms with E-state index in [2.05, 4.69) is 26.1 Å². The fourth-order valence-electron chi connectivity index (χ4n) is 0.289. The van der Waals surface area contributed by atoms with Crippen LogP contribution >= 0.6 is 11.6 Å². The third kappa shape index (κ3) is 7.08. The van der Waals surface area contributed by atoms with Crippen molar-refractivity contribution < 1.29 is 24.1 Å². The lowest BCUT2D eigenvalue weighted by molar-refractivity contribution is -0.231. The largest absolute Gasteiger partial charge is 0.448 e. The van der Waals surface area contributed by atoms with Gasteiger partial charge in [-0.3, -0.25) is 0 Å². The van der Waals surface area contributed by atoms with Crippen molar-refractivity contribution in [3.63, 3.8) is 0 Å². The fourth-order valence-corrected chi connectivity index (χ4v) is 0.320. The second kappa shape index (κ2) is 5.94. The zero-order chi connectivity index (χ0) is 8.69. The summed E-state index contributed by atoms with van der Waals surface area (Å²) in [5.41, 5.74) is -1.20. The minimum Gasteiger partial charge on any atom is -0.370 e. The average molecular weight is 183 g/mol. The van der Waals surface area contributed by atoms with Gasteiger partial charge in [-0.05, 0) is 6.92 Å². The zero-order valence-corrected chi connectivity index (χ0v) is 6.59. The van der Waals surface area contributed by atoms with Crippen molar-refractivity contribution in [1.29, 1.82) is 0 Å². The molecular formula is C5H7ClO5. The number of halogens is 1. The summed E-state index contributed by atoms with van der Waals surface area (Å²) in [6, 6.07) is 0. The second-order valence-corrected chi connectivity index (χ2v) is 1.72. The first-order chi connectivity index (χ1) is 5.16. The van der Waals surface area contributed by atoms with E-state index in [0.717, 1.165) is 0 Å². The molecule has 0 aliphatic rings. The highest BCUT2D eigenvalue weighted by Gasteiger charge is 2.05. The van der Waals surface area contributed by atoms with Crippen LogP contribution in [0, 0.1) is 0 Å². The quantitative estimate of drug-likeness (QED) is 0.368. The molecule has 0 saturated heterocycles. The first kappa shape index (κ1) is 10.2. The molecule has 5 nitrogen and oxygen atoms in total. The molecule has 0 N–H and O–H groups in total. The average Bonchev–Trinajstić information content (AvgIpc) is 1.97. The Kier molecular flexibility index (Phi) is 5.50. The zero-order valence-electron chi connectivity index (χ0n) is 5.83. The maximum Gasteiger partial charge on any atom is 0.448 e. The molecule has 0 rings (SSSR count). The van der Waals surface area contributed by atoms with Crippen LogP contribution in [0.5, 0.6) is 0 Å². The van der Waals surface area contributed by atoms with Gasteiger partial charge in [0.05, 0.1) is 0 Å². The van der Waals surface area contributed by atoms with Crippen LogP contribution in [-0.2, 0) is 19.3 Å². The van der Waals surface area contributed by atoms with Crippen LogP contribution in [0.25, 0.3) is 0 Å². The summed E-state index contributed by atoms with van der Waals surface area (Å²) in [6.45, 7) is 1.82.